The van der Waals surface area contributed by atoms with E-state index in [0.717, 1.165) is 36.2 Å². The maximum Gasteiger partial charge on any atom is 0.186 e. The normalized spacial score (nSPS) is 11.1. The van der Waals surface area contributed by atoms with Crippen molar-refractivity contribution in [3.8, 4) is 0 Å². The van der Waals surface area contributed by atoms with Gasteiger partial charge in [-0.05, 0) is 26.0 Å². The topological polar surface area (TPSA) is 41.1 Å². The van der Waals surface area contributed by atoms with Crippen LogP contribution in [0, 0.1) is 6.92 Å². The van der Waals surface area contributed by atoms with Crippen LogP contribution < -0.4 is 10.2 Å². The molecule has 1 N–H and O–H groups in total. The highest BCUT2D eigenvalue weighted by atomic mass is 32.1. The van der Waals surface area contributed by atoms with Crippen LogP contribution in [-0.2, 0) is 13.1 Å². The Morgan fingerprint density at radius 1 is 1.33 bits per heavy atom. The molecular formula is C16H24N4S. The SMILES string of the molecule is CCN(Cc1ccccn1)c1nc(C)c(CNC(C)C)s1. The smallest absolute Gasteiger partial charge is 0.186 e. The fourth-order valence-corrected chi connectivity index (χ4v) is 3.09. The zero-order valence-corrected chi connectivity index (χ0v) is 14.1. The highest BCUT2D eigenvalue weighted by Crippen LogP contribution is 2.27. The van der Waals surface area contributed by atoms with Gasteiger partial charge in [0.2, 0.25) is 0 Å². The van der Waals surface area contributed by atoms with Crippen LogP contribution in [0.1, 0.15) is 37.0 Å². The van der Waals surface area contributed by atoms with Gasteiger partial charge in [-0.2, -0.15) is 0 Å². The number of nitrogens with zero attached hydrogens (tertiary/aromatic N) is 3. The molecule has 0 aliphatic heterocycles. The first kappa shape index (κ1) is 15.9. The monoisotopic (exact) mass is 304 g/mol. The molecule has 21 heavy (non-hydrogen) atoms. The van der Waals surface area contributed by atoms with Gasteiger partial charge in [0, 0.05) is 30.2 Å². The van der Waals surface area contributed by atoms with E-state index in [1.807, 2.05) is 18.3 Å². The second-order valence-corrected chi connectivity index (χ2v) is 6.44. The Hall–Kier alpha value is -1.46. The van der Waals surface area contributed by atoms with Crippen LogP contribution in [0.3, 0.4) is 0 Å². The van der Waals surface area contributed by atoms with Crippen LogP contribution >= 0.6 is 11.3 Å². The lowest BCUT2D eigenvalue weighted by Gasteiger charge is -2.19. The summed E-state index contributed by atoms with van der Waals surface area (Å²) in [7, 11) is 0. The summed E-state index contributed by atoms with van der Waals surface area (Å²) in [6, 6.07) is 6.53. The molecule has 0 atom stereocenters. The highest BCUT2D eigenvalue weighted by Gasteiger charge is 2.14. The van der Waals surface area contributed by atoms with Gasteiger partial charge in [-0.3, -0.25) is 4.98 Å². The summed E-state index contributed by atoms with van der Waals surface area (Å²) in [5.41, 5.74) is 2.21. The zero-order chi connectivity index (χ0) is 15.2. The van der Waals surface area contributed by atoms with Crippen molar-refractivity contribution in [1.82, 2.24) is 15.3 Å². The van der Waals surface area contributed by atoms with Gasteiger partial charge >= 0.3 is 0 Å². The second-order valence-electron chi connectivity index (χ2n) is 5.38. The first-order valence-corrected chi connectivity index (χ1v) is 8.26. The fourth-order valence-electron chi connectivity index (χ4n) is 2.01. The summed E-state index contributed by atoms with van der Waals surface area (Å²) in [6.07, 6.45) is 1.84. The molecule has 0 spiro atoms. The Morgan fingerprint density at radius 3 is 2.76 bits per heavy atom. The standard InChI is InChI=1S/C16H24N4S/c1-5-20(11-14-8-6-7-9-17-14)16-19-13(4)15(21-16)10-18-12(2)3/h6-9,12,18H,5,10-11H2,1-4H3. The quantitative estimate of drug-likeness (QED) is 0.851. The Kier molecular flexibility index (Phi) is 5.70. The fraction of sp³-hybridized carbons (Fsp3) is 0.500. The van der Waals surface area contributed by atoms with Gasteiger partial charge in [-0.25, -0.2) is 4.98 Å². The van der Waals surface area contributed by atoms with Gasteiger partial charge in [0.25, 0.3) is 0 Å². The van der Waals surface area contributed by atoms with Crippen LogP contribution in [0.15, 0.2) is 24.4 Å². The van der Waals surface area contributed by atoms with E-state index in [2.05, 4.69) is 49.0 Å². The minimum absolute atomic E-state index is 0.491. The van der Waals surface area contributed by atoms with Gasteiger partial charge in [0.15, 0.2) is 5.13 Å². The van der Waals surface area contributed by atoms with Gasteiger partial charge < -0.3 is 10.2 Å². The van der Waals surface area contributed by atoms with Crippen molar-refractivity contribution >= 4 is 16.5 Å². The molecule has 0 saturated heterocycles. The molecule has 4 nitrogen and oxygen atoms in total. The van der Waals surface area contributed by atoms with Crippen molar-refractivity contribution in [2.24, 2.45) is 0 Å². The summed E-state index contributed by atoms with van der Waals surface area (Å²) in [5, 5.41) is 4.55. The molecule has 0 amide bonds. The third-order valence-corrected chi connectivity index (χ3v) is 4.50. The van der Waals surface area contributed by atoms with Crippen molar-refractivity contribution in [3.63, 3.8) is 0 Å². The first-order chi connectivity index (χ1) is 10.1. The lowest BCUT2D eigenvalue weighted by atomic mass is 10.3. The van der Waals surface area contributed by atoms with Crippen molar-refractivity contribution in [3.05, 3.63) is 40.7 Å². The van der Waals surface area contributed by atoms with Crippen LogP contribution in [0.5, 0.6) is 0 Å². The zero-order valence-electron chi connectivity index (χ0n) is 13.3. The Labute approximate surface area is 131 Å². The number of pyridine rings is 1. The Balaban J connectivity index is 2.09. The molecule has 0 saturated carbocycles. The molecule has 0 unspecified atom stereocenters. The number of thiazole rings is 1. The predicted molar refractivity (Wildman–Crippen MR) is 89.8 cm³/mol. The van der Waals surface area contributed by atoms with E-state index in [9.17, 15) is 0 Å². The van der Waals surface area contributed by atoms with Crippen LogP contribution in [0.25, 0.3) is 0 Å². The van der Waals surface area contributed by atoms with Gasteiger partial charge in [-0.1, -0.05) is 19.9 Å². The third-order valence-electron chi connectivity index (χ3n) is 3.28. The average Bonchev–Trinajstić information content (AvgIpc) is 2.84. The summed E-state index contributed by atoms with van der Waals surface area (Å²) >= 11 is 1.78. The van der Waals surface area contributed by atoms with Crippen LogP contribution in [0.2, 0.25) is 0 Å². The molecule has 2 rings (SSSR count). The predicted octanol–water partition coefficient (Wildman–Crippen LogP) is 3.37. The van der Waals surface area contributed by atoms with E-state index in [1.165, 1.54) is 4.88 Å². The van der Waals surface area contributed by atoms with Gasteiger partial charge in [0.1, 0.15) is 0 Å². The molecule has 0 aliphatic carbocycles. The number of rotatable bonds is 7. The van der Waals surface area contributed by atoms with E-state index in [4.69, 9.17) is 4.98 Å². The summed E-state index contributed by atoms with van der Waals surface area (Å²) in [4.78, 5) is 12.7. The molecular weight excluding hydrogens is 280 g/mol. The minimum Gasteiger partial charge on any atom is -0.342 e. The van der Waals surface area contributed by atoms with Crippen molar-refractivity contribution in [2.75, 3.05) is 11.4 Å². The second kappa shape index (κ2) is 7.52. The molecule has 0 aromatic carbocycles. The molecule has 2 aromatic heterocycles. The third kappa shape index (κ3) is 4.51. The molecule has 0 radical (unpaired) electrons. The van der Waals surface area contributed by atoms with E-state index < -0.39 is 0 Å². The van der Waals surface area contributed by atoms with E-state index in [-0.39, 0.29) is 0 Å². The molecule has 114 valence electrons. The Morgan fingerprint density at radius 2 is 2.14 bits per heavy atom. The van der Waals surface area contributed by atoms with E-state index in [0.29, 0.717) is 6.04 Å². The molecule has 2 aromatic rings. The van der Waals surface area contributed by atoms with Crippen LogP contribution in [0.4, 0.5) is 5.13 Å². The number of aromatic nitrogens is 2. The lowest BCUT2D eigenvalue weighted by molar-refractivity contribution is 0.591. The summed E-state index contributed by atoms with van der Waals surface area (Å²) < 4.78 is 0. The molecule has 2 heterocycles. The number of nitrogens with one attached hydrogen (secondary N) is 1. The minimum atomic E-state index is 0.491. The number of hydrogen-bond donors (Lipinski definition) is 1. The highest BCUT2D eigenvalue weighted by molar-refractivity contribution is 7.15. The average molecular weight is 304 g/mol. The van der Waals surface area contributed by atoms with E-state index >= 15 is 0 Å². The van der Waals surface area contributed by atoms with Crippen molar-refractivity contribution in [2.45, 2.75) is 46.8 Å². The maximum atomic E-state index is 4.73. The number of anilines is 1. The largest absolute Gasteiger partial charge is 0.342 e. The summed E-state index contributed by atoms with van der Waals surface area (Å²) in [5.74, 6) is 0. The molecule has 0 aliphatic rings. The van der Waals surface area contributed by atoms with Gasteiger partial charge in [0.05, 0.1) is 17.9 Å². The summed E-state index contributed by atoms with van der Waals surface area (Å²) in [6.45, 7) is 11.2. The van der Waals surface area contributed by atoms with Crippen LogP contribution in [-0.4, -0.2) is 22.6 Å². The first-order valence-electron chi connectivity index (χ1n) is 7.44. The Bertz CT molecular complexity index is 551. The van der Waals surface area contributed by atoms with Crippen molar-refractivity contribution < 1.29 is 0 Å². The van der Waals surface area contributed by atoms with Crippen molar-refractivity contribution in [1.29, 1.82) is 0 Å². The number of aryl methyl sites for hydroxylation is 1. The maximum absolute atomic E-state index is 4.73. The van der Waals surface area contributed by atoms with Gasteiger partial charge in [-0.15, -0.1) is 11.3 Å². The van der Waals surface area contributed by atoms with E-state index in [1.54, 1.807) is 11.3 Å². The molecule has 0 bridgehead atoms. The lowest BCUT2D eigenvalue weighted by Crippen LogP contribution is -2.22. The molecule has 0 fully saturated rings. The molecule has 5 heteroatoms. The number of hydrogen-bond acceptors (Lipinski definition) is 5.